The standard InChI is InChI=1S/C19H24N2O3/c1-14-6-2-3-7-15(14)8-11-20-16(22)13-21-17(23)12-19(18(21)24)9-4-5-10-19/h2-3,6-7H,4-5,8-13H2,1H3,(H,20,22). The topological polar surface area (TPSA) is 66.5 Å². The third-order valence-corrected chi connectivity index (χ3v) is 5.33. The molecular weight excluding hydrogens is 304 g/mol. The predicted molar refractivity (Wildman–Crippen MR) is 90.1 cm³/mol. The first-order valence-electron chi connectivity index (χ1n) is 8.68. The molecule has 5 heteroatoms. The largest absolute Gasteiger partial charge is 0.354 e. The highest BCUT2D eigenvalue weighted by molar-refractivity contribution is 6.08. The smallest absolute Gasteiger partial charge is 0.240 e. The van der Waals surface area contributed by atoms with E-state index in [9.17, 15) is 14.4 Å². The molecule has 5 nitrogen and oxygen atoms in total. The highest BCUT2D eigenvalue weighted by Crippen LogP contribution is 2.46. The molecule has 1 aliphatic carbocycles. The summed E-state index contributed by atoms with van der Waals surface area (Å²) >= 11 is 0. The average Bonchev–Trinajstić information content (AvgIpc) is 3.11. The second kappa shape index (κ2) is 6.75. The Morgan fingerprint density at radius 1 is 1.21 bits per heavy atom. The van der Waals surface area contributed by atoms with E-state index in [0.29, 0.717) is 6.54 Å². The van der Waals surface area contributed by atoms with Gasteiger partial charge in [-0.05, 0) is 37.3 Å². The van der Waals surface area contributed by atoms with Gasteiger partial charge >= 0.3 is 0 Å². The van der Waals surface area contributed by atoms with Gasteiger partial charge in [-0.25, -0.2) is 0 Å². The molecule has 3 amide bonds. The maximum absolute atomic E-state index is 12.5. The van der Waals surface area contributed by atoms with E-state index in [-0.39, 0.29) is 30.7 Å². The molecule has 128 valence electrons. The second-order valence-corrected chi connectivity index (χ2v) is 6.98. The number of hydrogen-bond acceptors (Lipinski definition) is 3. The van der Waals surface area contributed by atoms with E-state index in [2.05, 4.69) is 5.32 Å². The van der Waals surface area contributed by atoms with E-state index in [1.165, 1.54) is 11.1 Å². The van der Waals surface area contributed by atoms with Crippen molar-refractivity contribution in [3.63, 3.8) is 0 Å². The Kier molecular flexibility index (Phi) is 4.69. The SMILES string of the molecule is Cc1ccccc1CCNC(=O)CN1C(=O)CC2(CCCC2)C1=O. The lowest BCUT2D eigenvalue weighted by Crippen LogP contribution is -2.42. The number of carbonyl (C=O) groups excluding carboxylic acids is 3. The Balaban J connectivity index is 1.51. The summed E-state index contributed by atoms with van der Waals surface area (Å²) in [5, 5.41) is 2.82. The summed E-state index contributed by atoms with van der Waals surface area (Å²) in [6, 6.07) is 8.05. The predicted octanol–water partition coefficient (Wildman–Crippen LogP) is 1.97. The molecule has 1 heterocycles. The van der Waals surface area contributed by atoms with Gasteiger partial charge in [0.15, 0.2) is 0 Å². The minimum Gasteiger partial charge on any atom is -0.354 e. The van der Waals surface area contributed by atoms with Crippen molar-refractivity contribution in [3.8, 4) is 0 Å². The summed E-state index contributed by atoms with van der Waals surface area (Å²) in [5.74, 6) is -0.602. The highest BCUT2D eigenvalue weighted by Gasteiger charge is 2.52. The van der Waals surface area contributed by atoms with Crippen LogP contribution in [0.4, 0.5) is 0 Å². The molecule has 0 atom stereocenters. The summed E-state index contributed by atoms with van der Waals surface area (Å²) < 4.78 is 0. The number of likely N-dealkylation sites (tertiary alicyclic amines) is 1. The highest BCUT2D eigenvalue weighted by atomic mass is 16.2. The van der Waals surface area contributed by atoms with Crippen LogP contribution in [0.3, 0.4) is 0 Å². The Hall–Kier alpha value is -2.17. The molecule has 0 aromatic heterocycles. The van der Waals surface area contributed by atoms with Crippen LogP contribution >= 0.6 is 0 Å². The van der Waals surface area contributed by atoms with Crippen LogP contribution in [-0.2, 0) is 20.8 Å². The third-order valence-electron chi connectivity index (χ3n) is 5.33. The maximum atomic E-state index is 12.5. The number of nitrogens with zero attached hydrogens (tertiary/aromatic N) is 1. The van der Waals surface area contributed by atoms with Crippen LogP contribution in [-0.4, -0.2) is 35.7 Å². The van der Waals surface area contributed by atoms with Crippen molar-refractivity contribution in [2.45, 2.75) is 45.4 Å². The number of hydrogen-bond donors (Lipinski definition) is 1. The fourth-order valence-corrected chi connectivity index (χ4v) is 3.89. The van der Waals surface area contributed by atoms with Crippen molar-refractivity contribution in [2.75, 3.05) is 13.1 Å². The van der Waals surface area contributed by atoms with Gasteiger partial charge in [-0.15, -0.1) is 0 Å². The first kappa shape index (κ1) is 16.7. The summed E-state index contributed by atoms with van der Waals surface area (Å²) in [7, 11) is 0. The van der Waals surface area contributed by atoms with Crippen molar-refractivity contribution in [3.05, 3.63) is 35.4 Å². The molecule has 1 aliphatic heterocycles. The van der Waals surface area contributed by atoms with E-state index >= 15 is 0 Å². The van der Waals surface area contributed by atoms with Gasteiger partial charge in [0, 0.05) is 13.0 Å². The number of carbonyl (C=O) groups is 3. The summed E-state index contributed by atoms with van der Waals surface area (Å²) in [5.41, 5.74) is 1.88. The minimum absolute atomic E-state index is 0.140. The molecule has 0 bridgehead atoms. The lowest BCUT2D eigenvalue weighted by Gasteiger charge is -2.20. The molecule has 2 aliphatic rings. The van der Waals surface area contributed by atoms with E-state index < -0.39 is 5.41 Å². The van der Waals surface area contributed by atoms with Crippen LogP contribution in [0.1, 0.15) is 43.2 Å². The van der Waals surface area contributed by atoms with E-state index in [4.69, 9.17) is 0 Å². The average molecular weight is 328 g/mol. The van der Waals surface area contributed by atoms with Crippen LogP contribution in [0.5, 0.6) is 0 Å². The molecule has 24 heavy (non-hydrogen) atoms. The van der Waals surface area contributed by atoms with Crippen LogP contribution in [0.2, 0.25) is 0 Å². The molecule has 1 spiro atoms. The molecule has 1 saturated heterocycles. The number of imide groups is 1. The zero-order chi connectivity index (χ0) is 17.2. The normalized spacial score (nSPS) is 19.3. The molecule has 3 rings (SSSR count). The molecule has 2 fully saturated rings. The first-order chi connectivity index (χ1) is 11.5. The molecule has 1 aromatic carbocycles. The summed E-state index contributed by atoms with van der Waals surface area (Å²) in [6.45, 7) is 2.40. The van der Waals surface area contributed by atoms with E-state index in [1.54, 1.807) is 0 Å². The third kappa shape index (κ3) is 3.21. The van der Waals surface area contributed by atoms with Gasteiger partial charge in [0.1, 0.15) is 6.54 Å². The molecular formula is C19H24N2O3. The van der Waals surface area contributed by atoms with Crippen LogP contribution in [0.25, 0.3) is 0 Å². The van der Waals surface area contributed by atoms with Gasteiger partial charge in [0.2, 0.25) is 17.7 Å². The van der Waals surface area contributed by atoms with Gasteiger partial charge in [-0.2, -0.15) is 0 Å². The van der Waals surface area contributed by atoms with Crippen LogP contribution in [0.15, 0.2) is 24.3 Å². The first-order valence-corrected chi connectivity index (χ1v) is 8.68. The monoisotopic (exact) mass is 328 g/mol. The molecule has 0 radical (unpaired) electrons. The van der Waals surface area contributed by atoms with Crippen LogP contribution in [0, 0.1) is 12.3 Å². The zero-order valence-electron chi connectivity index (χ0n) is 14.1. The number of nitrogens with one attached hydrogen (secondary N) is 1. The van der Waals surface area contributed by atoms with Crippen LogP contribution < -0.4 is 5.32 Å². The number of rotatable bonds is 5. The quantitative estimate of drug-likeness (QED) is 0.841. The fraction of sp³-hybridized carbons (Fsp3) is 0.526. The fourth-order valence-electron chi connectivity index (χ4n) is 3.89. The molecule has 0 unspecified atom stereocenters. The lowest BCUT2D eigenvalue weighted by molar-refractivity contribution is -0.144. The van der Waals surface area contributed by atoms with Gasteiger partial charge in [0.25, 0.3) is 0 Å². The van der Waals surface area contributed by atoms with Crippen molar-refractivity contribution >= 4 is 17.7 Å². The Morgan fingerprint density at radius 3 is 2.62 bits per heavy atom. The van der Waals surface area contributed by atoms with E-state index in [0.717, 1.165) is 37.0 Å². The molecule has 1 N–H and O–H groups in total. The Morgan fingerprint density at radius 2 is 1.92 bits per heavy atom. The van der Waals surface area contributed by atoms with Gasteiger partial charge in [0.05, 0.1) is 5.41 Å². The summed E-state index contributed by atoms with van der Waals surface area (Å²) in [6.07, 6.45) is 4.57. The van der Waals surface area contributed by atoms with Crippen molar-refractivity contribution in [1.29, 1.82) is 0 Å². The van der Waals surface area contributed by atoms with E-state index in [1.807, 2.05) is 31.2 Å². The van der Waals surface area contributed by atoms with Gasteiger partial charge in [-0.1, -0.05) is 37.1 Å². The molecule has 1 aromatic rings. The molecule has 1 saturated carbocycles. The maximum Gasteiger partial charge on any atom is 0.240 e. The minimum atomic E-state index is -0.501. The lowest BCUT2D eigenvalue weighted by atomic mass is 9.84. The number of benzene rings is 1. The Labute approximate surface area is 142 Å². The van der Waals surface area contributed by atoms with Gasteiger partial charge < -0.3 is 5.32 Å². The van der Waals surface area contributed by atoms with Gasteiger partial charge in [-0.3, -0.25) is 19.3 Å². The summed E-state index contributed by atoms with van der Waals surface area (Å²) in [4.78, 5) is 38.0. The zero-order valence-corrected chi connectivity index (χ0v) is 14.1. The van der Waals surface area contributed by atoms with Crippen molar-refractivity contribution < 1.29 is 14.4 Å². The second-order valence-electron chi connectivity index (χ2n) is 6.98. The number of amides is 3. The number of aryl methyl sites for hydroxylation is 1. The van der Waals surface area contributed by atoms with Crippen molar-refractivity contribution in [1.82, 2.24) is 10.2 Å². The van der Waals surface area contributed by atoms with Crippen molar-refractivity contribution in [2.24, 2.45) is 5.41 Å². The Bertz CT molecular complexity index is 662.